The maximum absolute atomic E-state index is 11.8. The highest BCUT2D eigenvalue weighted by Gasteiger charge is 2.23. The molecule has 1 rings (SSSR count). The van der Waals surface area contributed by atoms with E-state index in [-0.39, 0.29) is 5.92 Å². The fourth-order valence-electron chi connectivity index (χ4n) is 2.28. The van der Waals surface area contributed by atoms with E-state index in [4.69, 9.17) is 0 Å². The van der Waals surface area contributed by atoms with Crippen molar-refractivity contribution in [1.82, 2.24) is 5.32 Å². The molecule has 0 amide bonds. The van der Waals surface area contributed by atoms with Gasteiger partial charge in [0.15, 0.2) is 0 Å². The van der Waals surface area contributed by atoms with Crippen LogP contribution in [0.15, 0.2) is 0 Å². The van der Waals surface area contributed by atoms with E-state index in [2.05, 4.69) is 19.2 Å². The van der Waals surface area contributed by atoms with Gasteiger partial charge in [-0.25, -0.2) is 0 Å². The first-order valence-electron chi connectivity index (χ1n) is 6.38. The van der Waals surface area contributed by atoms with Gasteiger partial charge >= 0.3 is 0 Å². The van der Waals surface area contributed by atoms with Crippen LogP contribution in [0.5, 0.6) is 0 Å². The van der Waals surface area contributed by atoms with Crippen LogP contribution >= 0.6 is 0 Å². The zero-order valence-electron chi connectivity index (χ0n) is 10.4. The Bertz CT molecular complexity index is 197. The Hall–Kier alpha value is -0.370. The van der Waals surface area contributed by atoms with E-state index in [9.17, 15) is 4.79 Å². The van der Waals surface area contributed by atoms with Crippen LogP contribution in [-0.2, 0) is 4.79 Å². The summed E-state index contributed by atoms with van der Waals surface area (Å²) in [4.78, 5) is 11.8. The van der Waals surface area contributed by atoms with Gasteiger partial charge in [0.25, 0.3) is 0 Å². The van der Waals surface area contributed by atoms with Crippen LogP contribution in [0, 0.1) is 17.8 Å². The van der Waals surface area contributed by atoms with Crippen molar-refractivity contribution in [3.63, 3.8) is 0 Å². The third-order valence-corrected chi connectivity index (χ3v) is 3.82. The minimum Gasteiger partial charge on any atom is -0.316 e. The summed E-state index contributed by atoms with van der Waals surface area (Å²) in [5.74, 6) is 1.98. The molecule has 3 unspecified atom stereocenters. The van der Waals surface area contributed by atoms with Crippen LogP contribution in [0.4, 0.5) is 0 Å². The third-order valence-electron chi connectivity index (χ3n) is 3.82. The van der Waals surface area contributed by atoms with Crippen molar-refractivity contribution in [3.05, 3.63) is 0 Å². The summed E-state index contributed by atoms with van der Waals surface area (Å²) >= 11 is 0. The molecule has 0 aromatic rings. The quantitative estimate of drug-likeness (QED) is 0.757. The molecule has 1 aliphatic rings. The Kier molecular flexibility index (Phi) is 5.30. The number of hydrogen-bond donors (Lipinski definition) is 1. The smallest absolute Gasteiger partial charge is 0.135 e. The van der Waals surface area contributed by atoms with E-state index in [0.29, 0.717) is 17.6 Å². The Morgan fingerprint density at radius 1 is 1.47 bits per heavy atom. The molecule has 0 bridgehead atoms. The fraction of sp³-hybridized carbons (Fsp3) is 0.923. The van der Waals surface area contributed by atoms with Crippen molar-refractivity contribution in [3.8, 4) is 0 Å². The second kappa shape index (κ2) is 6.26. The van der Waals surface area contributed by atoms with Crippen LogP contribution < -0.4 is 5.32 Å². The zero-order chi connectivity index (χ0) is 11.3. The first kappa shape index (κ1) is 12.7. The van der Waals surface area contributed by atoms with E-state index >= 15 is 0 Å². The van der Waals surface area contributed by atoms with Crippen molar-refractivity contribution in [2.24, 2.45) is 17.8 Å². The highest BCUT2D eigenvalue weighted by molar-refractivity contribution is 5.80. The largest absolute Gasteiger partial charge is 0.316 e. The van der Waals surface area contributed by atoms with Gasteiger partial charge in [-0.2, -0.15) is 0 Å². The predicted octanol–water partition coefficient (Wildman–Crippen LogP) is 2.63. The number of ketones is 1. The lowest BCUT2D eigenvalue weighted by Gasteiger charge is -2.28. The average molecular weight is 211 g/mol. The van der Waals surface area contributed by atoms with E-state index < -0.39 is 0 Å². The number of piperidine rings is 1. The van der Waals surface area contributed by atoms with Crippen molar-refractivity contribution in [2.45, 2.75) is 46.5 Å². The zero-order valence-corrected chi connectivity index (χ0v) is 10.4. The van der Waals surface area contributed by atoms with Gasteiger partial charge in [0.1, 0.15) is 5.78 Å². The number of Topliss-reactive ketones (excluding diaryl/α,β-unsaturated/α-hetero) is 1. The molecule has 3 atom stereocenters. The first-order valence-corrected chi connectivity index (χ1v) is 6.38. The minimum atomic E-state index is 0.254. The summed E-state index contributed by atoms with van der Waals surface area (Å²) in [6.07, 6.45) is 4.32. The molecule has 0 aromatic carbocycles. The van der Waals surface area contributed by atoms with Crippen molar-refractivity contribution in [2.75, 3.05) is 13.1 Å². The molecule has 0 radical (unpaired) electrons. The van der Waals surface area contributed by atoms with Gasteiger partial charge in [-0.15, -0.1) is 0 Å². The second-order valence-electron chi connectivity index (χ2n) is 5.06. The summed E-state index contributed by atoms with van der Waals surface area (Å²) < 4.78 is 0. The van der Waals surface area contributed by atoms with Crippen molar-refractivity contribution < 1.29 is 4.79 Å². The lowest BCUT2D eigenvalue weighted by Crippen LogP contribution is -2.34. The van der Waals surface area contributed by atoms with Crippen LogP contribution in [0.1, 0.15) is 46.5 Å². The summed E-state index contributed by atoms with van der Waals surface area (Å²) in [6, 6.07) is 0. The Balaban J connectivity index is 2.33. The van der Waals surface area contributed by atoms with E-state index in [1.807, 2.05) is 6.92 Å². The topological polar surface area (TPSA) is 29.1 Å². The second-order valence-corrected chi connectivity index (χ2v) is 5.06. The Morgan fingerprint density at radius 3 is 2.73 bits per heavy atom. The molecule has 2 heteroatoms. The number of rotatable bonds is 5. The Labute approximate surface area is 93.8 Å². The molecule has 0 aromatic heterocycles. The van der Waals surface area contributed by atoms with Crippen molar-refractivity contribution in [1.29, 1.82) is 0 Å². The molecule has 0 spiro atoms. The SMILES string of the molecule is CCC(C)C(=O)CC(C)C1CCCNC1. The highest BCUT2D eigenvalue weighted by atomic mass is 16.1. The van der Waals surface area contributed by atoms with E-state index in [0.717, 1.165) is 25.9 Å². The fourth-order valence-corrected chi connectivity index (χ4v) is 2.28. The molecule has 1 saturated heterocycles. The lowest BCUT2D eigenvalue weighted by atomic mass is 9.82. The minimum absolute atomic E-state index is 0.254. The molecule has 0 aliphatic carbocycles. The number of carbonyl (C=O) groups excluding carboxylic acids is 1. The summed E-state index contributed by atoms with van der Waals surface area (Å²) in [6.45, 7) is 8.64. The highest BCUT2D eigenvalue weighted by Crippen LogP contribution is 2.24. The van der Waals surface area contributed by atoms with Crippen LogP contribution in [0.25, 0.3) is 0 Å². The van der Waals surface area contributed by atoms with Crippen molar-refractivity contribution >= 4 is 5.78 Å². The molecule has 2 nitrogen and oxygen atoms in total. The molecule has 1 aliphatic heterocycles. The molecule has 1 heterocycles. The molecule has 88 valence electrons. The van der Waals surface area contributed by atoms with Crippen LogP contribution in [0.2, 0.25) is 0 Å². The maximum Gasteiger partial charge on any atom is 0.135 e. The number of nitrogens with one attached hydrogen (secondary N) is 1. The molecule has 1 N–H and O–H groups in total. The number of carbonyl (C=O) groups is 1. The summed E-state index contributed by atoms with van der Waals surface area (Å²) in [5.41, 5.74) is 0. The van der Waals surface area contributed by atoms with Gasteiger partial charge < -0.3 is 5.32 Å². The van der Waals surface area contributed by atoms with Gasteiger partial charge in [0, 0.05) is 12.3 Å². The summed E-state index contributed by atoms with van der Waals surface area (Å²) in [7, 11) is 0. The van der Waals surface area contributed by atoms with Gasteiger partial charge in [-0.05, 0) is 44.2 Å². The molecule has 15 heavy (non-hydrogen) atoms. The molecule has 1 fully saturated rings. The predicted molar refractivity (Wildman–Crippen MR) is 63.8 cm³/mol. The third kappa shape index (κ3) is 3.94. The molecular weight excluding hydrogens is 186 g/mol. The molecular formula is C13H25NO. The first-order chi connectivity index (χ1) is 7.15. The average Bonchev–Trinajstić information content (AvgIpc) is 2.29. The van der Waals surface area contributed by atoms with Gasteiger partial charge in [-0.1, -0.05) is 20.8 Å². The Morgan fingerprint density at radius 2 is 2.20 bits per heavy atom. The monoisotopic (exact) mass is 211 g/mol. The van der Waals surface area contributed by atoms with Gasteiger partial charge in [-0.3, -0.25) is 4.79 Å². The van der Waals surface area contributed by atoms with Crippen LogP contribution in [-0.4, -0.2) is 18.9 Å². The summed E-state index contributed by atoms with van der Waals surface area (Å²) in [5, 5.41) is 3.42. The van der Waals surface area contributed by atoms with E-state index in [1.54, 1.807) is 0 Å². The van der Waals surface area contributed by atoms with Gasteiger partial charge in [0.05, 0.1) is 0 Å². The standard InChI is InChI=1S/C13H25NO/c1-4-10(2)13(15)8-11(3)12-6-5-7-14-9-12/h10-12,14H,4-9H2,1-3H3. The lowest BCUT2D eigenvalue weighted by molar-refractivity contribution is -0.123. The number of hydrogen-bond acceptors (Lipinski definition) is 2. The van der Waals surface area contributed by atoms with E-state index in [1.165, 1.54) is 12.8 Å². The normalized spacial score (nSPS) is 25.9. The molecule has 0 saturated carbocycles. The van der Waals surface area contributed by atoms with Gasteiger partial charge in [0.2, 0.25) is 0 Å². The van der Waals surface area contributed by atoms with Crippen LogP contribution in [0.3, 0.4) is 0 Å². The maximum atomic E-state index is 11.8.